The first-order valence-corrected chi connectivity index (χ1v) is 10.9. The van der Waals surface area contributed by atoms with Crippen LogP contribution in [0.4, 0.5) is 4.39 Å². The lowest BCUT2D eigenvalue weighted by atomic mass is 10.2. The summed E-state index contributed by atoms with van der Waals surface area (Å²) >= 11 is 2.82. The molecule has 0 aliphatic carbocycles. The van der Waals surface area contributed by atoms with Gasteiger partial charge < -0.3 is 4.74 Å². The van der Waals surface area contributed by atoms with Crippen LogP contribution >= 0.6 is 23.1 Å². The van der Waals surface area contributed by atoms with Crippen LogP contribution in [0.1, 0.15) is 18.4 Å². The van der Waals surface area contributed by atoms with Crippen LogP contribution in [-0.2, 0) is 17.0 Å². The Balaban J connectivity index is 1.58. The van der Waals surface area contributed by atoms with Crippen LogP contribution in [0.2, 0.25) is 0 Å². The van der Waals surface area contributed by atoms with E-state index in [1.165, 1.54) is 29.2 Å². The van der Waals surface area contributed by atoms with Gasteiger partial charge in [0, 0.05) is 12.4 Å². The van der Waals surface area contributed by atoms with Crippen molar-refractivity contribution >= 4 is 39.1 Å². The smallest absolute Gasteiger partial charge is 0.272 e. The molecule has 3 aromatic heterocycles. The third kappa shape index (κ3) is 3.03. The second-order valence-electron chi connectivity index (χ2n) is 6.68. The highest BCUT2D eigenvalue weighted by Crippen LogP contribution is 2.27. The summed E-state index contributed by atoms with van der Waals surface area (Å²) in [5.41, 5.74) is 1.33. The van der Waals surface area contributed by atoms with Crippen molar-refractivity contribution < 1.29 is 9.13 Å². The highest BCUT2D eigenvalue weighted by atomic mass is 32.2. The van der Waals surface area contributed by atoms with E-state index in [9.17, 15) is 9.18 Å². The maximum Gasteiger partial charge on any atom is 0.272 e. The van der Waals surface area contributed by atoms with Gasteiger partial charge >= 0.3 is 0 Å². The summed E-state index contributed by atoms with van der Waals surface area (Å²) in [7, 11) is 0. The highest BCUT2D eigenvalue weighted by molar-refractivity contribution is 7.98. The molecule has 0 saturated carbocycles. The van der Waals surface area contributed by atoms with Gasteiger partial charge in [0.2, 0.25) is 5.78 Å². The highest BCUT2D eigenvalue weighted by Gasteiger charge is 2.22. The number of rotatable bonds is 5. The molecule has 1 unspecified atom stereocenters. The largest absolute Gasteiger partial charge is 0.376 e. The molecule has 1 aliphatic heterocycles. The average molecular weight is 417 g/mol. The van der Waals surface area contributed by atoms with Gasteiger partial charge in [-0.1, -0.05) is 30.0 Å². The van der Waals surface area contributed by atoms with Crippen molar-refractivity contribution in [2.75, 3.05) is 6.61 Å². The molecule has 1 saturated heterocycles. The van der Waals surface area contributed by atoms with Crippen LogP contribution in [0.25, 0.3) is 16.0 Å². The molecular weight excluding hydrogens is 399 g/mol. The van der Waals surface area contributed by atoms with Crippen LogP contribution < -0.4 is 5.56 Å². The predicted molar refractivity (Wildman–Crippen MR) is 108 cm³/mol. The molecule has 1 aliphatic rings. The van der Waals surface area contributed by atoms with Gasteiger partial charge in [-0.05, 0) is 35.9 Å². The van der Waals surface area contributed by atoms with E-state index in [2.05, 4.69) is 10.2 Å². The van der Waals surface area contributed by atoms with E-state index < -0.39 is 0 Å². The van der Waals surface area contributed by atoms with E-state index in [1.807, 2.05) is 21.9 Å². The van der Waals surface area contributed by atoms with Crippen molar-refractivity contribution in [3.63, 3.8) is 0 Å². The molecule has 28 heavy (non-hydrogen) atoms. The lowest BCUT2D eigenvalue weighted by Crippen LogP contribution is -2.28. The Morgan fingerprint density at radius 3 is 3.00 bits per heavy atom. The number of fused-ring (bicyclic) bond motifs is 3. The fourth-order valence-corrected chi connectivity index (χ4v) is 5.26. The molecule has 0 spiro atoms. The first kappa shape index (κ1) is 17.8. The van der Waals surface area contributed by atoms with Gasteiger partial charge in [-0.25, -0.2) is 4.39 Å². The minimum absolute atomic E-state index is 0.0186. The topological polar surface area (TPSA) is 61.4 Å². The first-order valence-electron chi connectivity index (χ1n) is 9.05. The van der Waals surface area contributed by atoms with Crippen LogP contribution in [0.15, 0.2) is 45.7 Å². The van der Waals surface area contributed by atoms with Crippen LogP contribution in [0.5, 0.6) is 0 Å². The molecule has 4 aromatic rings. The molecule has 144 valence electrons. The fourth-order valence-electron chi connectivity index (χ4n) is 3.51. The Morgan fingerprint density at radius 2 is 2.18 bits per heavy atom. The summed E-state index contributed by atoms with van der Waals surface area (Å²) in [6, 6.07) is 8.61. The summed E-state index contributed by atoms with van der Waals surface area (Å²) < 4.78 is 23.9. The molecule has 5 rings (SSSR count). The Bertz CT molecular complexity index is 1210. The second-order valence-corrected chi connectivity index (χ2v) is 8.54. The van der Waals surface area contributed by atoms with Gasteiger partial charge in [0.15, 0.2) is 5.16 Å². The maximum atomic E-state index is 14.0. The summed E-state index contributed by atoms with van der Waals surface area (Å²) in [4.78, 5) is 13.0. The number of hydrogen-bond donors (Lipinski definition) is 0. The lowest BCUT2D eigenvalue weighted by Gasteiger charge is -2.13. The number of halogens is 1. The van der Waals surface area contributed by atoms with E-state index in [0.717, 1.165) is 25.0 Å². The average Bonchev–Trinajstić information content (AvgIpc) is 3.44. The van der Waals surface area contributed by atoms with E-state index in [1.54, 1.807) is 16.7 Å². The molecule has 9 heteroatoms. The molecule has 1 aromatic carbocycles. The van der Waals surface area contributed by atoms with Crippen LogP contribution in [0.3, 0.4) is 0 Å². The third-order valence-electron chi connectivity index (χ3n) is 4.91. The van der Waals surface area contributed by atoms with Crippen molar-refractivity contribution in [3.05, 3.63) is 57.4 Å². The minimum Gasteiger partial charge on any atom is -0.376 e. The predicted octanol–water partition coefficient (Wildman–Crippen LogP) is 3.72. The zero-order valence-electron chi connectivity index (χ0n) is 14.9. The van der Waals surface area contributed by atoms with Gasteiger partial charge in [-0.2, -0.15) is 0 Å². The number of ether oxygens (including phenoxy) is 1. The Morgan fingerprint density at radius 1 is 1.29 bits per heavy atom. The van der Waals surface area contributed by atoms with Gasteiger partial charge in [0.1, 0.15) is 10.5 Å². The molecule has 1 atom stereocenters. The normalized spacial score (nSPS) is 17.1. The third-order valence-corrected chi connectivity index (χ3v) is 6.78. The van der Waals surface area contributed by atoms with Crippen LogP contribution in [0, 0.1) is 5.82 Å². The lowest BCUT2D eigenvalue weighted by molar-refractivity contribution is 0.0969. The molecule has 4 heterocycles. The second kappa shape index (κ2) is 7.31. The van der Waals surface area contributed by atoms with E-state index in [-0.39, 0.29) is 17.5 Å². The Hall–Kier alpha value is -2.23. The van der Waals surface area contributed by atoms with E-state index in [4.69, 9.17) is 4.74 Å². The van der Waals surface area contributed by atoms with E-state index >= 15 is 0 Å². The molecule has 0 radical (unpaired) electrons. The van der Waals surface area contributed by atoms with Gasteiger partial charge in [0.25, 0.3) is 5.56 Å². The summed E-state index contributed by atoms with van der Waals surface area (Å²) in [5, 5.41) is 11.1. The van der Waals surface area contributed by atoms with Crippen molar-refractivity contribution in [1.82, 2.24) is 19.2 Å². The number of hydrogen-bond acceptors (Lipinski definition) is 6. The monoisotopic (exact) mass is 416 g/mol. The van der Waals surface area contributed by atoms with E-state index in [0.29, 0.717) is 33.5 Å². The maximum absolute atomic E-state index is 14.0. The summed E-state index contributed by atoms with van der Waals surface area (Å²) in [6.45, 7) is 1.19. The Kier molecular flexibility index (Phi) is 4.65. The quantitative estimate of drug-likeness (QED) is 0.464. The molecule has 0 bridgehead atoms. The molecule has 0 N–H and O–H groups in total. The van der Waals surface area contributed by atoms with Gasteiger partial charge in [-0.3, -0.25) is 13.8 Å². The fraction of sp³-hybridized carbons (Fsp3) is 0.316. The zero-order chi connectivity index (χ0) is 19.1. The van der Waals surface area contributed by atoms with Crippen molar-refractivity contribution in [3.8, 4) is 0 Å². The molecular formula is C19H17FN4O2S2. The first-order chi connectivity index (χ1) is 13.7. The molecule has 1 fully saturated rings. The standard InChI is InChI=1S/C19H17FN4O2S2/c20-14-6-2-1-4-12(14)11-28-19-22-21-18-23(10-13-5-3-8-26-13)17(25)16-15(24(18)19)7-9-27-16/h1-2,4,6-7,9,13H,3,5,8,10-11H2. The van der Waals surface area contributed by atoms with Gasteiger partial charge in [-0.15, -0.1) is 21.5 Å². The number of thiophene rings is 1. The number of benzene rings is 1. The molecule has 0 amide bonds. The summed E-state index contributed by atoms with van der Waals surface area (Å²) in [6.07, 6.45) is 1.96. The Labute approximate surface area is 168 Å². The summed E-state index contributed by atoms with van der Waals surface area (Å²) in [5.74, 6) is 0.700. The van der Waals surface area contributed by atoms with Crippen molar-refractivity contribution in [1.29, 1.82) is 0 Å². The number of nitrogens with zero attached hydrogens (tertiary/aromatic N) is 4. The van der Waals surface area contributed by atoms with Gasteiger partial charge in [0.05, 0.1) is 18.2 Å². The number of thioether (sulfide) groups is 1. The van der Waals surface area contributed by atoms with Crippen molar-refractivity contribution in [2.45, 2.75) is 36.4 Å². The SMILES string of the molecule is O=c1c2sccc2n2c(SCc3ccccc3F)nnc2n1CC1CCCO1. The minimum atomic E-state index is -0.236. The molecule has 6 nitrogen and oxygen atoms in total. The number of aromatic nitrogens is 4. The van der Waals surface area contributed by atoms with Crippen molar-refractivity contribution in [2.24, 2.45) is 0 Å². The van der Waals surface area contributed by atoms with Crippen LogP contribution in [-0.4, -0.2) is 31.9 Å². The zero-order valence-corrected chi connectivity index (χ0v) is 16.5.